The van der Waals surface area contributed by atoms with Gasteiger partial charge in [0.1, 0.15) is 0 Å². The predicted octanol–water partition coefficient (Wildman–Crippen LogP) is 2.72. The smallest absolute Gasteiger partial charge is 0.126 e. The predicted molar refractivity (Wildman–Crippen MR) is 38.7 cm³/mol. The van der Waals surface area contributed by atoms with E-state index in [1.165, 1.54) is 11.8 Å². The van der Waals surface area contributed by atoms with Crippen LogP contribution in [-0.2, 0) is 0 Å². The molecule has 0 heterocycles. The van der Waals surface area contributed by atoms with E-state index in [0.717, 1.165) is 5.75 Å². The van der Waals surface area contributed by atoms with Crippen LogP contribution in [0, 0.1) is 0 Å². The fourth-order valence-electron chi connectivity index (χ4n) is 0.134. The van der Waals surface area contributed by atoms with E-state index in [9.17, 15) is 0 Å². The van der Waals surface area contributed by atoms with Crippen LogP contribution in [0.5, 0.6) is 0 Å². The maximum absolute atomic E-state index is 5.33. The van der Waals surface area contributed by atoms with Crippen LogP contribution in [0.4, 0.5) is 0 Å². The Morgan fingerprint density at radius 2 is 2.00 bits per heavy atom. The van der Waals surface area contributed by atoms with Gasteiger partial charge in [-0.05, 0) is 0 Å². The van der Waals surface area contributed by atoms with E-state index in [4.69, 9.17) is 34.8 Å². The van der Waals surface area contributed by atoms with Gasteiger partial charge < -0.3 is 0 Å². The Kier molecular flexibility index (Phi) is 6.29. The Labute approximate surface area is 62.5 Å². The van der Waals surface area contributed by atoms with Gasteiger partial charge in [0, 0.05) is 11.6 Å². The maximum Gasteiger partial charge on any atom is 0.153 e. The van der Waals surface area contributed by atoms with E-state index in [2.05, 4.69) is 0 Å². The monoisotopic (exact) mass is 178 g/mol. The van der Waals surface area contributed by atoms with Crippen molar-refractivity contribution < 1.29 is 0 Å². The minimum absolute atomic E-state index is 0.321. The number of thioether (sulfide) groups is 1. The molecule has 0 atom stereocenters. The highest BCUT2D eigenvalue weighted by molar-refractivity contribution is 8.02. The fraction of sp³-hybridized carbons (Fsp3) is 1.00. The summed E-state index contributed by atoms with van der Waals surface area (Å²) in [6.07, 6.45) is 0. The van der Waals surface area contributed by atoms with Gasteiger partial charge in [0.05, 0.1) is 0 Å². The van der Waals surface area contributed by atoms with Gasteiger partial charge in [0.2, 0.25) is 0 Å². The molecular formula is C3H5Cl3S. The van der Waals surface area contributed by atoms with E-state index in [1.54, 1.807) is 0 Å². The van der Waals surface area contributed by atoms with Crippen LogP contribution in [0.15, 0.2) is 0 Å². The first kappa shape index (κ1) is 8.22. The second kappa shape index (κ2) is 5.36. The van der Waals surface area contributed by atoms with Gasteiger partial charge in [0.15, 0.2) is 4.17 Å². The van der Waals surface area contributed by atoms with E-state index in [-0.39, 0.29) is 4.17 Å². The minimum atomic E-state index is -0.321. The van der Waals surface area contributed by atoms with Crippen LogP contribution in [0.1, 0.15) is 0 Å². The Morgan fingerprint density at radius 1 is 1.43 bits per heavy atom. The summed E-state index contributed by atoms with van der Waals surface area (Å²) < 4.78 is -0.321. The fourth-order valence-corrected chi connectivity index (χ4v) is 1.20. The number of hydrogen-bond acceptors (Lipinski definition) is 1. The van der Waals surface area contributed by atoms with Gasteiger partial charge in [-0.15, -0.1) is 23.4 Å². The molecule has 0 saturated carbocycles. The summed E-state index contributed by atoms with van der Waals surface area (Å²) in [5, 5.41) is 0. The molecule has 0 N–H and O–H groups in total. The van der Waals surface area contributed by atoms with Crippen molar-refractivity contribution >= 4 is 46.6 Å². The topological polar surface area (TPSA) is 0 Å². The van der Waals surface area contributed by atoms with Crippen LogP contribution in [0.2, 0.25) is 0 Å². The average molecular weight is 179 g/mol. The zero-order chi connectivity index (χ0) is 5.70. The van der Waals surface area contributed by atoms with Gasteiger partial charge in [-0.3, -0.25) is 0 Å². The molecule has 0 amide bonds. The highest BCUT2D eigenvalue weighted by Crippen LogP contribution is 2.18. The molecule has 0 aliphatic carbocycles. The Hall–Kier alpha value is 1.22. The quantitative estimate of drug-likeness (QED) is 0.601. The molecule has 0 aliphatic rings. The Morgan fingerprint density at radius 3 is 2.14 bits per heavy atom. The molecule has 0 unspecified atom stereocenters. The van der Waals surface area contributed by atoms with Crippen LogP contribution in [0.3, 0.4) is 0 Å². The summed E-state index contributed by atoms with van der Waals surface area (Å²) in [6, 6.07) is 0. The van der Waals surface area contributed by atoms with Gasteiger partial charge in [0.25, 0.3) is 0 Å². The summed E-state index contributed by atoms with van der Waals surface area (Å²) in [7, 11) is 0. The second-order valence-electron chi connectivity index (χ2n) is 0.820. The highest BCUT2D eigenvalue weighted by Gasteiger charge is 1.94. The molecule has 0 aromatic carbocycles. The summed E-state index contributed by atoms with van der Waals surface area (Å²) in [5.74, 6) is 1.43. The molecule has 44 valence electrons. The highest BCUT2D eigenvalue weighted by atomic mass is 35.5. The van der Waals surface area contributed by atoms with Crippen molar-refractivity contribution in [2.75, 3.05) is 11.6 Å². The molecule has 4 heteroatoms. The lowest BCUT2D eigenvalue weighted by atomic mass is 11.0. The molecule has 0 saturated heterocycles. The standard InChI is InChI=1S/C3H5Cl3S/c4-1-2-7-3(5)6/h3H,1-2H2. The van der Waals surface area contributed by atoms with Gasteiger partial charge in [-0.1, -0.05) is 23.2 Å². The number of hydrogen-bond donors (Lipinski definition) is 0. The molecule has 0 bridgehead atoms. The Bertz CT molecular complexity index is 39.2. The lowest BCUT2D eigenvalue weighted by molar-refractivity contribution is 1.53. The van der Waals surface area contributed by atoms with Gasteiger partial charge in [-0.25, -0.2) is 0 Å². The van der Waals surface area contributed by atoms with Crippen LogP contribution < -0.4 is 0 Å². The summed E-state index contributed by atoms with van der Waals surface area (Å²) in [5.41, 5.74) is 0. The number of halogens is 3. The third-order valence-electron chi connectivity index (χ3n) is 0.321. The Balaban J connectivity index is 2.68. The summed E-state index contributed by atoms with van der Waals surface area (Å²) in [4.78, 5) is 0. The third kappa shape index (κ3) is 7.22. The molecule has 0 fully saturated rings. The van der Waals surface area contributed by atoms with Crippen LogP contribution in [0.25, 0.3) is 0 Å². The SMILES string of the molecule is ClCCSC(Cl)Cl. The first-order valence-corrected chi connectivity index (χ1v) is 4.18. The lowest BCUT2D eigenvalue weighted by Crippen LogP contribution is -1.82. The molecule has 0 rings (SSSR count). The summed E-state index contributed by atoms with van der Waals surface area (Å²) in [6.45, 7) is 0. The van der Waals surface area contributed by atoms with E-state index in [1.807, 2.05) is 0 Å². The molecular weight excluding hydrogens is 174 g/mol. The molecule has 0 aromatic rings. The van der Waals surface area contributed by atoms with Gasteiger partial charge >= 0.3 is 0 Å². The van der Waals surface area contributed by atoms with Crippen molar-refractivity contribution in [2.24, 2.45) is 0 Å². The average Bonchev–Trinajstić information content (AvgIpc) is 1.61. The summed E-state index contributed by atoms with van der Waals surface area (Å²) >= 11 is 17.4. The lowest BCUT2D eigenvalue weighted by Gasteiger charge is -1.93. The molecule has 0 spiro atoms. The number of alkyl halides is 3. The van der Waals surface area contributed by atoms with E-state index < -0.39 is 0 Å². The molecule has 0 aliphatic heterocycles. The molecule has 0 radical (unpaired) electrons. The normalized spacial score (nSPS) is 10.3. The van der Waals surface area contributed by atoms with Crippen molar-refractivity contribution in [3.05, 3.63) is 0 Å². The van der Waals surface area contributed by atoms with E-state index >= 15 is 0 Å². The first-order chi connectivity index (χ1) is 3.27. The largest absolute Gasteiger partial charge is 0.153 e. The zero-order valence-electron chi connectivity index (χ0n) is 3.53. The van der Waals surface area contributed by atoms with E-state index in [0.29, 0.717) is 5.88 Å². The van der Waals surface area contributed by atoms with Crippen molar-refractivity contribution in [1.82, 2.24) is 0 Å². The van der Waals surface area contributed by atoms with Crippen LogP contribution in [-0.4, -0.2) is 15.8 Å². The second-order valence-corrected chi connectivity index (χ2v) is 4.03. The minimum Gasteiger partial charge on any atom is -0.126 e. The first-order valence-electron chi connectivity index (χ1n) is 1.73. The van der Waals surface area contributed by atoms with Crippen molar-refractivity contribution in [1.29, 1.82) is 0 Å². The van der Waals surface area contributed by atoms with Crippen molar-refractivity contribution in [3.8, 4) is 0 Å². The third-order valence-corrected chi connectivity index (χ3v) is 2.18. The van der Waals surface area contributed by atoms with Crippen molar-refractivity contribution in [3.63, 3.8) is 0 Å². The molecule has 0 aromatic heterocycles. The maximum atomic E-state index is 5.33. The van der Waals surface area contributed by atoms with Crippen molar-refractivity contribution in [2.45, 2.75) is 4.17 Å². The number of rotatable bonds is 3. The van der Waals surface area contributed by atoms with Crippen LogP contribution >= 0.6 is 46.6 Å². The van der Waals surface area contributed by atoms with Gasteiger partial charge in [-0.2, -0.15) is 0 Å². The zero-order valence-corrected chi connectivity index (χ0v) is 6.62. The molecule has 0 nitrogen and oxygen atoms in total. The molecule has 7 heavy (non-hydrogen) atoms.